The Hall–Kier alpha value is -3.95. The van der Waals surface area contributed by atoms with E-state index >= 15 is 0 Å². The summed E-state index contributed by atoms with van der Waals surface area (Å²) >= 11 is 6.54. The van der Waals surface area contributed by atoms with E-state index in [4.69, 9.17) is 26.3 Å². The number of halogens is 1. The van der Waals surface area contributed by atoms with E-state index in [-0.39, 0.29) is 12.0 Å². The number of ether oxygens (including phenoxy) is 1. The number of aromatic nitrogens is 6. The van der Waals surface area contributed by atoms with Crippen LogP contribution in [0.1, 0.15) is 43.7 Å². The van der Waals surface area contributed by atoms with Crippen molar-refractivity contribution in [3.63, 3.8) is 0 Å². The van der Waals surface area contributed by atoms with Crippen LogP contribution in [-0.4, -0.2) is 48.6 Å². The van der Waals surface area contributed by atoms with Gasteiger partial charge in [0.15, 0.2) is 11.5 Å². The summed E-state index contributed by atoms with van der Waals surface area (Å²) in [5.41, 5.74) is 4.74. The van der Waals surface area contributed by atoms with Crippen molar-refractivity contribution in [3.8, 4) is 22.8 Å². The number of para-hydroxylation sites is 1. The molecule has 5 aromatic rings. The number of nitrogens with one attached hydrogen (secondary N) is 2. The fraction of sp³-hybridized carbons (Fsp3) is 0.310. The Morgan fingerprint density at radius 3 is 2.72 bits per heavy atom. The maximum Gasteiger partial charge on any atom is 0.228 e. The summed E-state index contributed by atoms with van der Waals surface area (Å²) < 4.78 is 9.93. The van der Waals surface area contributed by atoms with Crippen LogP contribution in [0.3, 0.4) is 0 Å². The number of hydrogen-bond acceptors (Lipinski definition) is 7. The van der Waals surface area contributed by atoms with Gasteiger partial charge in [-0.05, 0) is 67.7 Å². The molecule has 2 aromatic carbocycles. The number of piperidine rings is 1. The number of fused-ring (bicyclic) bond motifs is 1. The normalized spacial score (nSPS) is 14.3. The van der Waals surface area contributed by atoms with Crippen LogP contribution in [0.2, 0.25) is 5.02 Å². The van der Waals surface area contributed by atoms with Gasteiger partial charge in [0, 0.05) is 30.1 Å². The predicted octanol–water partition coefficient (Wildman–Crippen LogP) is 5.50. The summed E-state index contributed by atoms with van der Waals surface area (Å²) in [4.78, 5) is 9.86. The van der Waals surface area contributed by atoms with E-state index in [1.54, 1.807) is 10.7 Å². The molecule has 0 saturated carbocycles. The van der Waals surface area contributed by atoms with Gasteiger partial charge in [-0.1, -0.05) is 43.6 Å². The molecule has 4 heterocycles. The largest absolute Gasteiger partial charge is 0.489 e. The monoisotopic (exact) mass is 542 g/mol. The van der Waals surface area contributed by atoms with Crippen LogP contribution in [0, 0.1) is 0 Å². The second-order valence-electron chi connectivity index (χ2n) is 10.0. The Bertz CT molecular complexity index is 1570. The third-order valence-electron chi connectivity index (χ3n) is 6.97. The summed E-state index contributed by atoms with van der Waals surface area (Å²) in [6.45, 7) is 6.70. The molecule has 0 radical (unpaired) electrons. The van der Waals surface area contributed by atoms with Crippen LogP contribution in [0.15, 0.2) is 67.1 Å². The average Bonchev–Trinajstić information content (AvgIpc) is 3.64. The van der Waals surface area contributed by atoms with E-state index in [0.717, 1.165) is 54.0 Å². The van der Waals surface area contributed by atoms with Crippen molar-refractivity contribution >= 4 is 23.2 Å². The summed E-state index contributed by atoms with van der Waals surface area (Å²) in [6.07, 6.45) is 7.62. The minimum atomic E-state index is 0.136. The van der Waals surface area contributed by atoms with Gasteiger partial charge in [-0.3, -0.25) is 0 Å². The Kier molecular flexibility index (Phi) is 7.17. The highest BCUT2D eigenvalue weighted by molar-refractivity contribution is 6.32. The molecule has 0 atom stereocenters. The van der Waals surface area contributed by atoms with Crippen LogP contribution < -0.4 is 15.4 Å². The van der Waals surface area contributed by atoms with E-state index in [2.05, 4.69) is 40.7 Å². The van der Waals surface area contributed by atoms with Crippen molar-refractivity contribution in [2.24, 2.45) is 0 Å². The van der Waals surface area contributed by atoms with Crippen LogP contribution in [0.5, 0.6) is 5.75 Å². The average molecular weight is 543 g/mol. The van der Waals surface area contributed by atoms with E-state index in [1.807, 2.05) is 59.5 Å². The number of anilines is 1. The van der Waals surface area contributed by atoms with Gasteiger partial charge in [0.25, 0.3) is 0 Å². The first-order chi connectivity index (χ1) is 19.1. The van der Waals surface area contributed by atoms with Gasteiger partial charge >= 0.3 is 0 Å². The fourth-order valence-electron chi connectivity index (χ4n) is 4.84. The lowest BCUT2D eigenvalue weighted by molar-refractivity contribution is 0.162. The topological polar surface area (TPSA) is 94.2 Å². The molecule has 9 nitrogen and oxygen atoms in total. The van der Waals surface area contributed by atoms with E-state index < -0.39 is 0 Å². The minimum Gasteiger partial charge on any atom is -0.489 e. The first kappa shape index (κ1) is 25.3. The molecule has 1 saturated heterocycles. The van der Waals surface area contributed by atoms with Crippen molar-refractivity contribution < 1.29 is 4.74 Å². The van der Waals surface area contributed by atoms with Gasteiger partial charge in [0.2, 0.25) is 5.95 Å². The molecule has 0 amide bonds. The Balaban J connectivity index is 1.36. The quantitative estimate of drug-likeness (QED) is 0.267. The molecule has 6 rings (SSSR count). The molecule has 10 heteroatoms. The van der Waals surface area contributed by atoms with Crippen molar-refractivity contribution in [1.82, 2.24) is 34.7 Å². The maximum atomic E-state index is 6.54. The number of hydrogen-bond donors (Lipinski definition) is 2. The zero-order chi connectivity index (χ0) is 26.8. The van der Waals surface area contributed by atoms with Gasteiger partial charge < -0.3 is 15.4 Å². The standard InChI is InChI=1S/C29H31ClN8O/c1-19(2)23-18-34-38-28(23)35-27(20-8-9-24(30)26(16-20)39-22-10-13-31-14-11-22)36-29(38)32-17-21-6-3-4-7-25(21)37-15-5-12-33-37/h3-9,12,15-16,18-19,22,31H,10-11,13-14,17H2,1-2H3,(H,32,35,36). The zero-order valence-corrected chi connectivity index (χ0v) is 22.8. The van der Waals surface area contributed by atoms with Crippen molar-refractivity contribution in [2.75, 3.05) is 18.4 Å². The van der Waals surface area contributed by atoms with Crippen LogP contribution >= 0.6 is 11.6 Å². The molecule has 0 spiro atoms. The van der Waals surface area contributed by atoms with Crippen LogP contribution in [0.4, 0.5) is 5.95 Å². The zero-order valence-electron chi connectivity index (χ0n) is 22.0. The molecular weight excluding hydrogens is 512 g/mol. The second kappa shape index (κ2) is 11.0. The van der Waals surface area contributed by atoms with E-state index in [0.29, 0.717) is 29.1 Å². The Labute approximate surface area is 232 Å². The number of nitrogens with zero attached hydrogens (tertiary/aromatic N) is 6. The molecule has 0 bridgehead atoms. The highest BCUT2D eigenvalue weighted by Gasteiger charge is 2.19. The molecule has 1 aliphatic heterocycles. The highest BCUT2D eigenvalue weighted by Crippen LogP contribution is 2.32. The molecule has 1 fully saturated rings. The summed E-state index contributed by atoms with van der Waals surface area (Å²) in [5, 5.41) is 16.5. The Morgan fingerprint density at radius 1 is 1.08 bits per heavy atom. The van der Waals surface area contributed by atoms with Crippen molar-refractivity contribution in [1.29, 1.82) is 0 Å². The Morgan fingerprint density at radius 2 is 1.92 bits per heavy atom. The van der Waals surface area contributed by atoms with Crippen molar-refractivity contribution in [2.45, 2.75) is 45.3 Å². The van der Waals surface area contributed by atoms with E-state index in [1.165, 1.54) is 0 Å². The smallest absolute Gasteiger partial charge is 0.228 e. The third kappa shape index (κ3) is 5.32. The molecule has 2 N–H and O–H groups in total. The first-order valence-electron chi connectivity index (χ1n) is 13.3. The number of rotatable bonds is 8. The highest BCUT2D eigenvalue weighted by atomic mass is 35.5. The summed E-state index contributed by atoms with van der Waals surface area (Å²) in [6, 6.07) is 15.8. The fourth-order valence-corrected chi connectivity index (χ4v) is 5.00. The van der Waals surface area contributed by atoms with Gasteiger partial charge in [0.05, 0.1) is 16.9 Å². The molecular formula is C29H31ClN8O. The lowest BCUT2D eigenvalue weighted by atomic mass is 10.1. The van der Waals surface area contributed by atoms with Crippen molar-refractivity contribution in [3.05, 3.63) is 83.3 Å². The second-order valence-corrected chi connectivity index (χ2v) is 10.4. The molecule has 0 aliphatic carbocycles. The maximum absolute atomic E-state index is 6.54. The molecule has 0 unspecified atom stereocenters. The van der Waals surface area contributed by atoms with Gasteiger partial charge in [-0.15, -0.1) is 0 Å². The van der Waals surface area contributed by atoms with Gasteiger partial charge in [0.1, 0.15) is 11.9 Å². The molecule has 200 valence electrons. The minimum absolute atomic E-state index is 0.136. The molecule has 3 aromatic heterocycles. The lowest BCUT2D eigenvalue weighted by Crippen LogP contribution is -2.34. The number of benzene rings is 2. The van der Waals surface area contributed by atoms with Crippen LogP contribution in [0.25, 0.3) is 22.7 Å². The van der Waals surface area contributed by atoms with Gasteiger partial charge in [-0.2, -0.15) is 19.7 Å². The third-order valence-corrected chi connectivity index (χ3v) is 7.28. The lowest BCUT2D eigenvalue weighted by Gasteiger charge is -2.24. The SMILES string of the molecule is CC(C)c1cnn2c(NCc3ccccc3-n3cccn3)nc(-c3ccc(Cl)c(OC4CCNCC4)c3)nc12. The summed E-state index contributed by atoms with van der Waals surface area (Å²) in [7, 11) is 0. The van der Waals surface area contributed by atoms with Gasteiger partial charge in [-0.25, -0.2) is 9.67 Å². The first-order valence-corrected chi connectivity index (χ1v) is 13.7. The molecule has 1 aliphatic rings. The molecule has 39 heavy (non-hydrogen) atoms. The van der Waals surface area contributed by atoms with Crippen LogP contribution in [-0.2, 0) is 6.54 Å². The predicted molar refractivity (Wildman–Crippen MR) is 153 cm³/mol. The summed E-state index contributed by atoms with van der Waals surface area (Å²) in [5.74, 6) is 2.10. The van der Waals surface area contributed by atoms with E-state index in [9.17, 15) is 0 Å².